The predicted molar refractivity (Wildman–Crippen MR) is 53.1 cm³/mol. The third kappa shape index (κ3) is 1.59. The minimum absolute atomic E-state index is 0.620. The van der Waals surface area contributed by atoms with Crippen LogP contribution in [0.15, 0.2) is 24.7 Å². The highest BCUT2D eigenvalue weighted by Crippen LogP contribution is 2.20. The van der Waals surface area contributed by atoms with Crippen LogP contribution >= 0.6 is 0 Å². The zero-order valence-corrected chi connectivity index (χ0v) is 8.11. The van der Waals surface area contributed by atoms with Crippen LogP contribution in [0.1, 0.15) is 5.69 Å². The molecule has 2 heterocycles. The number of hydrogen-bond acceptors (Lipinski definition) is 3. The van der Waals surface area contributed by atoms with Crippen molar-refractivity contribution in [1.29, 1.82) is 0 Å². The van der Waals surface area contributed by atoms with E-state index in [0.29, 0.717) is 5.88 Å². The van der Waals surface area contributed by atoms with Crippen molar-refractivity contribution in [2.45, 2.75) is 6.92 Å². The molecule has 4 heteroatoms. The topological polar surface area (TPSA) is 50.8 Å². The summed E-state index contributed by atoms with van der Waals surface area (Å²) >= 11 is 0. The molecule has 0 saturated heterocycles. The van der Waals surface area contributed by atoms with E-state index in [1.807, 2.05) is 19.1 Å². The van der Waals surface area contributed by atoms with Crippen LogP contribution in [0.4, 0.5) is 0 Å². The van der Waals surface area contributed by atoms with Crippen molar-refractivity contribution in [1.82, 2.24) is 15.0 Å². The molecule has 0 radical (unpaired) electrons. The van der Waals surface area contributed by atoms with Gasteiger partial charge in [0.15, 0.2) is 0 Å². The molecule has 4 nitrogen and oxygen atoms in total. The number of aryl methyl sites for hydroxylation is 1. The van der Waals surface area contributed by atoms with E-state index in [4.69, 9.17) is 4.74 Å². The number of nitrogens with one attached hydrogen (secondary N) is 1. The largest absolute Gasteiger partial charge is 0.481 e. The number of nitrogens with zero attached hydrogens (tertiary/aromatic N) is 2. The summed E-state index contributed by atoms with van der Waals surface area (Å²) < 4.78 is 5.09. The highest BCUT2D eigenvalue weighted by Gasteiger charge is 2.03. The molecule has 0 unspecified atom stereocenters. The number of ether oxygens (including phenoxy) is 1. The fourth-order valence-electron chi connectivity index (χ4n) is 1.31. The number of rotatable bonds is 2. The second-order valence-electron chi connectivity index (χ2n) is 3.00. The van der Waals surface area contributed by atoms with E-state index in [1.54, 1.807) is 19.6 Å². The van der Waals surface area contributed by atoms with Crippen LogP contribution in [0.5, 0.6) is 5.88 Å². The first kappa shape index (κ1) is 8.74. The molecule has 0 aliphatic heterocycles. The van der Waals surface area contributed by atoms with Gasteiger partial charge in [0.25, 0.3) is 0 Å². The van der Waals surface area contributed by atoms with Crippen LogP contribution < -0.4 is 4.74 Å². The Morgan fingerprint density at radius 1 is 1.36 bits per heavy atom. The van der Waals surface area contributed by atoms with E-state index in [2.05, 4.69) is 15.0 Å². The van der Waals surface area contributed by atoms with E-state index >= 15 is 0 Å². The maximum atomic E-state index is 5.09. The molecule has 2 aromatic heterocycles. The molecule has 0 fully saturated rings. The van der Waals surface area contributed by atoms with Gasteiger partial charge in [0.1, 0.15) is 0 Å². The fraction of sp³-hybridized carbons (Fsp3) is 0.200. The summed E-state index contributed by atoms with van der Waals surface area (Å²) in [5.41, 5.74) is 2.93. The maximum Gasteiger partial charge on any atom is 0.213 e. The first-order chi connectivity index (χ1) is 6.79. The van der Waals surface area contributed by atoms with Gasteiger partial charge in [0.2, 0.25) is 5.88 Å². The minimum atomic E-state index is 0.620. The van der Waals surface area contributed by atoms with Gasteiger partial charge < -0.3 is 9.72 Å². The molecule has 72 valence electrons. The van der Waals surface area contributed by atoms with E-state index in [9.17, 15) is 0 Å². The Balaban J connectivity index is 2.48. The third-order valence-electron chi connectivity index (χ3n) is 1.95. The van der Waals surface area contributed by atoms with E-state index in [-0.39, 0.29) is 0 Å². The van der Waals surface area contributed by atoms with Crippen molar-refractivity contribution in [3.63, 3.8) is 0 Å². The highest BCUT2D eigenvalue weighted by molar-refractivity contribution is 5.59. The van der Waals surface area contributed by atoms with Gasteiger partial charge in [0.05, 0.1) is 25.3 Å². The Morgan fingerprint density at radius 3 is 2.86 bits per heavy atom. The van der Waals surface area contributed by atoms with Gasteiger partial charge in [-0.25, -0.2) is 9.97 Å². The second-order valence-corrected chi connectivity index (χ2v) is 3.00. The molecule has 2 aromatic rings. The molecule has 0 atom stereocenters. The quantitative estimate of drug-likeness (QED) is 0.783. The molecular weight excluding hydrogens is 178 g/mol. The molecule has 0 aliphatic rings. The lowest BCUT2D eigenvalue weighted by Crippen LogP contribution is -1.91. The number of imidazole rings is 1. The first-order valence-electron chi connectivity index (χ1n) is 4.31. The van der Waals surface area contributed by atoms with Crippen molar-refractivity contribution in [2.75, 3.05) is 7.11 Å². The van der Waals surface area contributed by atoms with Crippen LogP contribution in [-0.2, 0) is 0 Å². The van der Waals surface area contributed by atoms with Gasteiger partial charge in [0, 0.05) is 17.3 Å². The minimum Gasteiger partial charge on any atom is -0.481 e. The van der Waals surface area contributed by atoms with Crippen molar-refractivity contribution in [2.24, 2.45) is 0 Å². The number of aromatic amines is 1. The average Bonchev–Trinajstić information content (AvgIpc) is 2.69. The number of hydrogen-bond donors (Lipinski definition) is 1. The lowest BCUT2D eigenvalue weighted by molar-refractivity contribution is 0.397. The summed E-state index contributed by atoms with van der Waals surface area (Å²) in [6, 6.07) is 3.86. The van der Waals surface area contributed by atoms with E-state index in [1.165, 1.54) is 0 Å². The summed E-state index contributed by atoms with van der Waals surface area (Å²) in [5.74, 6) is 0.620. The molecule has 0 saturated carbocycles. The number of aromatic nitrogens is 3. The van der Waals surface area contributed by atoms with Gasteiger partial charge in [-0.1, -0.05) is 0 Å². The number of H-pyrrole nitrogens is 1. The summed E-state index contributed by atoms with van der Waals surface area (Å²) in [7, 11) is 1.61. The molecular formula is C10H11N3O. The summed E-state index contributed by atoms with van der Waals surface area (Å²) in [4.78, 5) is 11.2. The maximum absolute atomic E-state index is 5.09. The molecule has 0 bridgehead atoms. The van der Waals surface area contributed by atoms with Crippen LogP contribution in [0.25, 0.3) is 11.3 Å². The Hall–Kier alpha value is -1.84. The number of pyridine rings is 1. The molecule has 0 amide bonds. The van der Waals surface area contributed by atoms with Crippen LogP contribution in [-0.4, -0.2) is 22.1 Å². The average molecular weight is 189 g/mol. The van der Waals surface area contributed by atoms with Crippen LogP contribution in [0.2, 0.25) is 0 Å². The molecule has 0 aliphatic carbocycles. The van der Waals surface area contributed by atoms with Gasteiger partial charge >= 0.3 is 0 Å². The lowest BCUT2D eigenvalue weighted by Gasteiger charge is -2.03. The van der Waals surface area contributed by atoms with E-state index < -0.39 is 0 Å². The van der Waals surface area contributed by atoms with Crippen molar-refractivity contribution in [3.05, 3.63) is 30.4 Å². The first-order valence-corrected chi connectivity index (χ1v) is 4.31. The molecule has 1 N–H and O–H groups in total. The number of methoxy groups -OCH3 is 1. The Labute approximate surface area is 82.0 Å². The van der Waals surface area contributed by atoms with Gasteiger partial charge in [-0.05, 0) is 13.0 Å². The Bertz CT molecular complexity index is 423. The zero-order valence-electron chi connectivity index (χ0n) is 8.11. The monoisotopic (exact) mass is 189 g/mol. The highest BCUT2D eigenvalue weighted by atomic mass is 16.5. The van der Waals surface area contributed by atoms with Gasteiger partial charge in [-0.3, -0.25) is 0 Å². The lowest BCUT2D eigenvalue weighted by atomic mass is 10.2. The normalized spacial score (nSPS) is 10.1. The second kappa shape index (κ2) is 3.49. The van der Waals surface area contributed by atoms with Gasteiger partial charge in [-0.15, -0.1) is 0 Å². The molecule has 0 spiro atoms. The van der Waals surface area contributed by atoms with E-state index in [0.717, 1.165) is 17.0 Å². The predicted octanol–water partition coefficient (Wildman–Crippen LogP) is 1.79. The standard InChI is InChI=1S/C10H11N3O/c1-7-3-8(4-10(13-7)14-2)9-5-11-6-12-9/h3-6H,1-2H3,(H,11,12). The third-order valence-corrected chi connectivity index (χ3v) is 1.95. The van der Waals surface area contributed by atoms with Crippen LogP contribution in [0, 0.1) is 6.92 Å². The Morgan fingerprint density at radius 2 is 2.21 bits per heavy atom. The molecule has 0 aromatic carbocycles. The Kier molecular flexibility index (Phi) is 2.18. The fourth-order valence-corrected chi connectivity index (χ4v) is 1.31. The van der Waals surface area contributed by atoms with Crippen LogP contribution in [0.3, 0.4) is 0 Å². The van der Waals surface area contributed by atoms with Crippen molar-refractivity contribution < 1.29 is 4.74 Å². The van der Waals surface area contributed by atoms with Crippen molar-refractivity contribution in [3.8, 4) is 17.1 Å². The summed E-state index contributed by atoms with van der Waals surface area (Å²) in [6.45, 7) is 1.93. The summed E-state index contributed by atoms with van der Waals surface area (Å²) in [5, 5.41) is 0. The SMILES string of the molecule is COc1cc(-c2cnc[nH]2)cc(C)n1. The van der Waals surface area contributed by atoms with Crippen molar-refractivity contribution >= 4 is 0 Å². The zero-order chi connectivity index (χ0) is 9.97. The molecule has 2 rings (SSSR count). The summed E-state index contributed by atoms with van der Waals surface area (Å²) in [6.07, 6.45) is 3.42. The van der Waals surface area contributed by atoms with Gasteiger partial charge in [-0.2, -0.15) is 0 Å². The smallest absolute Gasteiger partial charge is 0.213 e. The molecule has 14 heavy (non-hydrogen) atoms.